The zero-order chi connectivity index (χ0) is 13.0. The number of hydrogen-bond donors (Lipinski definition) is 0. The smallest absolute Gasteiger partial charge is 0.100 e. The third-order valence-electron chi connectivity index (χ3n) is 3.14. The van der Waals surface area contributed by atoms with Crippen molar-refractivity contribution in [2.75, 3.05) is 0 Å². The Morgan fingerprint density at radius 3 is 2.89 bits per heavy atom. The van der Waals surface area contributed by atoms with E-state index < -0.39 is 0 Å². The monoisotopic (exact) mass is 328 g/mol. The molecule has 3 heteroatoms. The fraction of sp³-hybridized carbons (Fsp3) is 0.438. The van der Waals surface area contributed by atoms with Gasteiger partial charge < -0.3 is 0 Å². The Morgan fingerprint density at radius 1 is 1.53 bits per heavy atom. The van der Waals surface area contributed by atoms with Crippen LogP contribution in [0.25, 0.3) is 0 Å². The molecule has 1 aromatic rings. The van der Waals surface area contributed by atoms with Crippen molar-refractivity contribution in [2.24, 2.45) is 11.8 Å². The quantitative estimate of drug-likeness (QED) is 0.602. The van der Waals surface area contributed by atoms with Crippen LogP contribution in [0.15, 0.2) is 35.7 Å². The van der Waals surface area contributed by atoms with Crippen LogP contribution in [-0.4, -0.2) is 9.78 Å². The van der Waals surface area contributed by atoms with E-state index in [1.54, 1.807) is 6.20 Å². The Balaban J connectivity index is 0.00000180. The third kappa shape index (κ3) is 4.75. The molecule has 1 aromatic heterocycles. The van der Waals surface area contributed by atoms with Crippen molar-refractivity contribution < 1.29 is 32.7 Å². The molecule has 0 N–H and O–H groups in total. The van der Waals surface area contributed by atoms with E-state index in [1.807, 2.05) is 23.0 Å². The van der Waals surface area contributed by atoms with Crippen LogP contribution in [0.5, 0.6) is 0 Å². The molecule has 0 bridgehead atoms. The van der Waals surface area contributed by atoms with Crippen LogP contribution in [0.3, 0.4) is 0 Å². The predicted molar refractivity (Wildman–Crippen MR) is 73.5 cm³/mol. The first-order valence-corrected chi connectivity index (χ1v) is 6.45. The molecule has 1 aliphatic carbocycles. The van der Waals surface area contributed by atoms with Crippen molar-refractivity contribution >= 4 is 0 Å². The van der Waals surface area contributed by atoms with Gasteiger partial charge in [-0.15, -0.1) is 5.57 Å². The van der Waals surface area contributed by atoms with E-state index in [0.717, 1.165) is 6.42 Å². The molecule has 0 amide bonds. The number of hydrogen-bond acceptors (Lipinski definition) is 1. The maximum atomic E-state index is 4.12. The Labute approximate surface area is 141 Å². The number of rotatable bonds is 2. The first-order valence-electron chi connectivity index (χ1n) is 6.45. The van der Waals surface area contributed by atoms with E-state index in [4.69, 9.17) is 0 Å². The second kappa shape index (κ2) is 7.83. The number of allylic oxidation sites excluding steroid dienone is 4. The van der Waals surface area contributed by atoms with Crippen molar-refractivity contribution in [3.8, 4) is 11.8 Å². The molecule has 0 spiro atoms. The molecule has 2 nitrogen and oxygen atoms in total. The number of nitrogens with zero attached hydrogens (tertiary/aromatic N) is 2. The van der Waals surface area contributed by atoms with Crippen molar-refractivity contribution in [3.63, 3.8) is 0 Å². The van der Waals surface area contributed by atoms with E-state index in [0.29, 0.717) is 18.4 Å². The van der Waals surface area contributed by atoms with Gasteiger partial charge in [0.25, 0.3) is 0 Å². The minimum Gasteiger partial charge on any atom is -0.261 e. The third-order valence-corrected chi connectivity index (χ3v) is 3.14. The standard InChI is InChI=1S/C16H19N2.Y/c1-13(2)16-8-7-15(12-14(16)3)6-4-10-18-11-5-9-17-18;/h5,7,9,11,13-14H,10,12H2,1-3H3;/q-1;. The molecule has 19 heavy (non-hydrogen) atoms. The normalized spacial score (nSPS) is 18.0. The van der Waals surface area contributed by atoms with E-state index in [-0.39, 0.29) is 32.7 Å². The molecule has 0 saturated carbocycles. The average Bonchev–Trinajstić information content (AvgIpc) is 2.81. The Morgan fingerprint density at radius 2 is 2.32 bits per heavy atom. The Bertz CT molecular complexity index is 513. The summed E-state index contributed by atoms with van der Waals surface area (Å²) < 4.78 is 1.83. The topological polar surface area (TPSA) is 17.8 Å². The van der Waals surface area contributed by atoms with Crippen molar-refractivity contribution in [1.82, 2.24) is 9.78 Å². The largest absolute Gasteiger partial charge is 0.261 e. The summed E-state index contributed by atoms with van der Waals surface area (Å²) in [7, 11) is 0. The maximum Gasteiger partial charge on any atom is 0.100 e. The molecule has 97 valence electrons. The first kappa shape index (κ1) is 16.4. The molecule has 0 fully saturated rings. The van der Waals surface area contributed by atoms with E-state index in [1.165, 1.54) is 11.1 Å². The summed E-state index contributed by atoms with van der Waals surface area (Å²) in [6.45, 7) is 7.35. The van der Waals surface area contributed by atoms with Crippen LogP contribution in [0.2, 0.25) is 0 Å². The molecule has 1 atom stereocenters. The molecule has 1 radical (unpaired) electrons. The minimum absolute atomic E-state index is 0. The van der Waals surface area contributed by atoms with Gasteiger partial charge in [0, 0.05) is 45.1 Å². The fourth-order valence-corrected chi connectivity index (χ4v) is 2.26. The van der Waals surface area contributed by atoms with Crippen LogP contribution in [-0.2, 0) is 39.3 Å². The molecule has 2 rings (SSSR count). The summed E-state index contributed by atoms with van der Waals surface area (Å²) >= 11 is 0. The minimum atomic E-state index is 0. The second-order valence-electron chi connectivity index (χ2n) is 5.03. The van der Waals surface area contributed by atoms with Gasteiger partial charge in [-0.1, -0.05) is 39.0 Å². The molecular formula is C16H19N2Y-. The summed E-state index contributed by atoms with van der Waals surface area (Å²) in [5, 5.41) is 4.12. The van der Waals surface area contributed by atoms with Crippen molar-refractivity contribution in [3.05, 3.63) is 41.8 Å². The van der Waals surface area contributed by atoms with Gasteiger partial charge in [-0.2, -0.15) is 16.6 Å². The molecular weight excluding hydrogens is 309 g/mol. The van der Waals surface area contributed by atoms with Crippen molar-refractivity contribution in [1.29, 1.82) is 0 Å². The molecule has 0 saturated heterocycles. The fourth-order valence-electron chi connectivity index (χ4n) is 2.26. The Kier molecular flexibility index (Phi) is 6.76. The summed E-state index contributed by atoms with van der Waals surface area (Å²) in [5.41, 5.74) is 2.59. The Hall–Kier alpha value is -0.646. The molecule has 1 heterocycles. The van der Waals surface area contributed by atoms with Crippen LogP contribution >= 0.6 is 0 Å². The summed E-state index contributed by atoms with van der Waals surface area (Å²) in [6, 6.07) is 1.91. The summed E-state index contributed by atoms with van der Waals surface area (Å²) in [6.07, 6.45) is 10.2. The first-order chi connectivity index (χ1) is 8.66. The van der Waals surface area contributed by atoms with Crippen LogP contribution in [0, 0.1) is 29.8 Å². The molecule has 1 unspecified atom stereocenters. The molecule has 0 aromatic carbocycles. The van der Waals surface area contributed by atoms with Gasteiger partial charge in [0.2, 0.25) is 0 Å². The van der Waals surface area contributed by atoms with Gasteiger partial charge in [-0.3, -0.25) is 10.8 Å². The van der Waals surface area contributed by atoms with Crippen molar-refractivity contribution in [2.45, 2.75) is 33.7 Å². The zero-order valence-corrected chi connectivity index (χ0v) is 14.7. The zero-order valence-electron chi connectivity index (χ0n) is 11.9. The van der Waals surface area contributed by atoms with Gasteiger partial charge in [0.15, 0.2) is 0 Å². The van der Waals surface area contributed by atoms with Gasteiger partial charge >= 0.3 is 0 Å². The van der Waals surface area contributed by atoms with Gasteiger partial charge in [0.05, 0.1) is 0 Å². The molecule has 1 aliphatic rings. The predicted octanol–water partition coefficient (Wildman–Crippen LogP) is 3.24. The van der Waals surface area contributed by atoms with E-state index in [2.05, 4.69) is 43.8 Å². The molecule has 0 aliphatic heterocycles. The summed E-state index contributed by atoms with van der Waals surface area (Å²) in [5.74, 6) is 7.52. The maximum absolute atomic E-state index is 4.12. The average molecular weight is 328 g/mol. The van der Waals surface area contributed by atoms with Gasteiger partial charge in [0.1, 0.15) is 6.54 Å². The van der Waals surface area contributed by atoms with E-state index in [9.17, 15) is 0 Å². The SMILES string of the molecule is CC(C)C1=[C-]C=C(C#CCn2cccn2)CC1C.[Y]. The summed E-state index contributed by atoms with van der Waals surface area (Å²) in [4.78, 5) is 0. The van der Waals surface area contributed by atoms with Crippen LogP contribution in [0.4, 0.5) is 0 Å². The number of aromatic nitrogens is 2. The van der Waals surface area contributed by atoms with Gasteiger partial charge in [-0.25, -0.2) is 6.08 Å². The second-order valence-corrected chi connectivity index (χ2v) is 5.03. The van der Waals surface area contributed by atoms with Crippen LogP contribution < -0.4 is 0 Å². The van der Waals surface area contributed by atoms with E-state index >= 15 is 0 Å². The van der Waals surface area contributed by atoms with Crippen LogP contribution in [0.1, 0.15) is 27.2 Å². The van der Waals surface area contributed by atoms with Gasteiger partial charge in [-0.05, 0) is 12.0 Å².